The predicted molar refractivity (Wildman–Crippen MR) is 121 cm³/mol. The van der Waals surface area contributed by atoms with E-state index in [-0.39, 0.29) is 24.1 Å². The van der Waals surface area contributed by atoms with E-state index in [0.717, 1.165) is 19.6 Å². The Balaban J connectivity index is 1.21. The molecule has 2 heterocycles. The van der Waals surface area contributed by atoms with Crippen molar-refractivity contribution in [1.29, 1.82) is 0 Å². The Morgan fingerprint density at radius 3 is 2.50 bits per heavy atom. The first-order valence-electron chi connectivity index (χ1n) is 10.9. The van der Waals surface area contributed by atoms with E-state index < -0.39 is 5.82 Å². The molecule has 178 valence electrons. The lowest BCUT2D eigenvalue weighted by molar-refractivity contribution is 0.0383. The van der Waals surface area contributed by atoms with E-state index in [1.807, 2.05) is 0 Å². The van der Waals surface area contributed by atoms with Crippen LogP contribution < -0.4 is 15.4 Å². The average molecular weight is 468 g/mol. The minimum absolute atomic E-state index is 0.0926. The number of hydrogen-bond acceptors (Lipinski definition) is 7. The maximum atomic E-state index is 13.0. The van der Waals surface area contributed by atoms with Crippen molar-refractivity contribution in [3.05, 3.63) is 77.4 Å². The van der Waals surface area contributed by atoms with Gasteiger partial charge < -0.3 is 24.6 Å². The first kappa shape index (κ1) is 23.4. The van der Waals surface area contributed by atoms with E-state index in [1.165, 1.54) is 24.3 Å². The number of carbonyl (C=O) groups is 2. The zero-order valence-corrected chi connectivity index (χ0v) is 18.5. The number of halogens is 1. The van der Waals surface area contributed by atoms with E-state index >= 15 is 0 Å². The maximum Gasteiger partial charge on any atom is 0.273 e. The summed E-state index contributed by atoms with van der Waals surface area (Å²) in [6, 6.07) is 13.6. The summed E-state index contributed by atoms with van der Waals surface area (Å²) in [6.07, 6.45) is 0. The smallest absolute Gasteiger partial charge is 0.273 e. The van der Waals surface area contributed by atoms with Crippen LogP contribution in [0.3, 0.4) is 0 Å². The second kappa shape index (κ2) is 11.4. The Labute approximate surface area is 195 Å². The van der Waals surface area contributed by atoms with E-state index in [9.17, 15) is 14.0 Å². The highest BCUT2D eigenvalue weighted by molar-refractivity contribution is 6.04. The molecule has 2 N–H and O–H groups in total. The van der Waals surface area contributed by atoms with Gasteiger partial charge in [-0.25, -0.2) is 4.39 Å². The molecule has 2 amide bonds. The van der Waals surface area contributed by atoms with Crippen molar-refractivity contribution in [3.8, 4) is 5.75 Å². The van der Waals surface area contributed by atoms with Crippen molar-refractivity contribution >= 4 is 17.5 Å². The van der Waals surface area contributed by atoms with Crippen molar-refractivity contribution in [2.24, 2.45) is 0 Å². The van der Waals surface area contributed by atoms with E-state index in [1.54, 1.807) is 30.3 Å². The fourth-order valence-electron chi connectivity index (χ4n) is 3.32. The molecule has 0 bridgehead atoms. The standard InChI is InChI=1S/C24H25FN4O5/c25-18-3-1-17(2-4-18)23(30)27-19-5-7-20(8-6-19)33-16-21-15-22(28-34-21)24(31)26-9-10-29-11-13-32-14-12-29/h1-8,15H,9-14,16H2,(H,26,31)(H,27,30). The summed E-state index contributed by atoms with van der Waals surface area (Å²) in [7, 11) is 0. The summed E-state index contributed by atoms with van der Waals surface area (Å²) in [5.74, 6) is -0.0864. The quantitative estimate of drug-likeness (QED) is 0.497. The van der Waals surface area contributed by atoms with Crippen LogP contribution in [0.15, 0.2) is 59.1 Å². The van der Waals surface area contributed by atoms with Crippen molar-refractivity contribution in [2.45, 2.75) is 6.61 Å². The fourth-order valence-corrected chi connectivity index (χ4v) is 3.32. The molecule has 10 heteroatoms. The first-order chi connectivity index (χ1) is 16.6. The lowest BCUT2D eigenvalue weighted by Gasteiger charge is -2.26. The summed E-state index contributed by atoms with van der Waals surface area (Å²) in [5.41, 5.74) is 1.12. The molecule has 4 rings (SSSR count). The van der Waals surface area contributed by atoms with Gasteiger partial charge >= 0.3 is 0 Å². The Kier molecular flexibility index (Phi) is 7.84. The van der Waals surface area contributed by atoms with E-state index in [4.69, 9.17) is 14.0 Å². The van der Waals surface area contributed by atoms with Crippen LogP contribution in [0, 0.1) is 5.82 Å². The second-order valence-corrected chi connectivity index (χ2v) is 7.66. The number of rotatable bonds is 9. The fraction of sp³-hybridized carbons (Fsp3) is 0.292. The van der Waals surface area contributed by atoms with Crippen LogP contribution >= 0.6 is 0 Å². The van der Waals surface area contributed by atoms with Crippen molar-refractivity contribution in [1.82, 2.24) is 15.4 Å². The van der Waals surface area contributed by atoms with Gasteiger partial charge in [-0.2, -0.15) is 0 Å². The van der Waals surface area contributed by atoms with Crippen LogP contribution in [0.4, 0.5) is 10.1 Å². The second-order valence-electron chi connectivity index (χ2n) is 7.66. The van der Waals surface area contributed by atoms with Crippen LogP contribution in [-0.2, 0) is 11.3 Å². The average Bonchev–Trinajstić information content (AvgIpc) is 3.34. The van der Waals surface area contributed by atoms with Gasteiger partial charge in [0.1, 0.15) is 18.2 Å². The molecule has 2 aromatic carbocycles. The summed E-state index contributed by atoms with van der Waals surface area (Å²) in [5, 5.41) is 9.37. The Morgan fingerprint density at radius 2 is 1.76 bits per heavy atom. The molecule has 1 aromatic heterocycles. The number of ether oxygens (including phenoxy) is 2. The number of anilines is 1. The number of carbonyl (C=O) groups excluding carboxylic acids is 2. The lowest BCUT2D eigenvalue weighted by atomic mass is 10.2. The highest BCUT2D eigenvalue weighted by atomic mass is 19.1. The topological polar surface area (TPSA) is 106 Å². The molecule has 0 saturated carbocycles. The SMILES string of the molecule is O=C(Nc1ccc(OCc2cc(C(=O)NCCN3CCOCC3)no2)cc1)c1ccc(F)cc1. The molecule has 34 heavy (non-hydrogen) atoms. The highest BCUT2D eigenvalue weighted by Gasteiger charge is 2.14. The molecule has 1 saturated heterocycles. The molecule has 0 radical (unpaired) electrons. The normalized spacial score (nSPS) is 13.9. The van der Waals surface area contributed by atoms with E-state index in [0.29, 0.717) is 42.5 Å². The third kappa shape index (κ3) is 6.63. The summed E-state index contributed by atoms with van der Waals surface area (Å²) in [4.78, 5) is 26.7. The van der Waals surface area contributed by atoms with Crippen molar-refractivity contribution in [2.75, 3.05) is 44.7 Å². The van der Waals surface area contributed by atoms with Gasteiger partial charge in [0.25, 0.3) is 11.8 Å². The van der Waals surface area contributed by atoms with Crippen LogP contribution in [0.1, 0.15) is 26.6 Å². The van der Waals surface area contributed by atoms with Crippen LogP contribution in [0.5, 0.6) is 5.75 Å². The predicted octanol–water partition coefficient (Wildman–Crippen LogP) is 2.71. The summed E-state index contributed by atoms with van der Waals surface area (Å²) in [6.45, 7) is 4.52. The zero-order valence-electron chi connectivity index (χ0n) is 18.5. The third-order valence-corrected chi connectivity index (χ3v) is 5.21. The van der Waals surface area contributed by atoms with Gasteiger partial charge in [-0.05, 0) is 48.5 Å². The Bertz CT molecular complexity index is 1100. The minimum Gasteiger partial charge on any atom is -0.486 e. The van der Waals surface area contributed by atoms with Crippen LogP contribution in [0.2, 0.25) is 0 Å². The largest absolute Gasteiger partial charge is 0.486 e. The number of nitrogens with one attached hydrogen (secondary N) is 2. The molecule has 0 unspecified atom stereocenters. The van der Waals surface area contributed by atoms with Gasteiger partial charge in [0.2, 0.25) is 0 Å². The molecule has 1 aliphatic heterocycles. The molecular formula is C24H25FN4O5. The highest BCUT2D eigenvalue weighted by Crippen LogP contribution is 2.18. The number of benzene rings is 2. The van der Waals surface area contributed by atoms with Gasteiger partial charge in [-0.1, -0.05) is 5.16 Å². The van der Waals surface area contributed by atoms with Crippen molar-refractivity contribution in [3.63, 3.8) is 0 Å². The monoisotopic (exact) mass is 468 g/mol. The first-order valence-corrected chi connectivity index (χ1v) is 10.9. The number of aromatic nitrogens is 1. The van der Waals surface area contributed by atoms with Gasteiger partial charge in [-0.3, -0.25) is 14.5 Å². The van der Waals surface area contributed by atoms with Crippen LogP contribution in [-0.4, -0.2) is 61.3 Å². The number of amides is 2. The summed E-state index contributed by atoms with van der Waals surface area (Å²) >= 11 is 0. The maximum absolute atomic E-state index is 13.0. The molecular weight excluding hydrogens is 443 g/mol. The molecule has 0 spiro atoms. The zero-order chi connectivity index (χ0) is 23.8. The number of morpholine rings is 1. The number of nitrogens with zero attached hydrogens (tertiary/aromatic N) is 2. The minimum atomic E-state index is -0.402. The summed E-state index contributed by atoms with van der Waals surface area (Å²) < 4.78 is 29.2. The molecule has 0 atom stereocenters. The van der Waals surface area contributed by atoms with Gasteiger partial charge in [-0.15, -0.1) is 0 Å². The molecule has 1 aliphatic rings. The van der Waals surface area contributed by atoms with Gasteiger partial charge in [0, 0.05) is 43.5 Å². The van der Waals surface area contributed by atoms with Crippen molar-refractivity contribution < 1.29 is 28.0 Å². The van der Waals surface area contributed by atoms with Crippen LogP contribution in [0.25, 0.3) is 0 Å². The van der Waals surface area contributed by atoms with Gasteiger partial charge in [0.05, 0.1) is 13.2 Å². The lowest BCUT2D eigenvalue weighted by Crippen LogP contribution is -2.41. The third-order valence-electron chi connectivity index (χ3n) is 5.21. The van der Waals surface area contributed by atoms with Gasteiger partial charge in [0.15, 0.2) is 11.5 Å². The van der Waals surface area contributed by atoms with E-state index in [2.05, 4.69) is 20.7 Å². The molecule has 9 nitrogen and oxygen atoms in total. The molecule has 0 aliphatic carbocycles. The molecule has 1 fully saturated rings. The Hall–Kier alpha value is -3.76. The molecule has 3 aromatic rings. The number of hydrogen-bond donors (Lipinski definition) is 2. The Morgan fingerprint density at radius 1 is 1.03 bits per heavy atom.